The summed E-state index contributed by atoms with van der Waals surface area (Å²) in [5, 5.41) is 3.57. The number of ether oxygens (including phenoxy) is 2. The zero-order chi connectivity index (χ0) is 16.1. The zero-order valence-corrected chi connectivity index (χ0v) is 13.9. The van der Waals surface area contributed by atoms with Crippen molar-refractivity contribution in [3.05, 3.63) is 71.8 Å². The molecule has 0 unspecified atom stereocenters. The average Bonchev–Trinajstić information content (AvgIpc) is 2.93. The number of hydrogen-bond acceptors (Lipinski definition) is 3. The van der Waals surface area contributed by atoms with Gasteiger partial charge < -0.3 is 14.8 Å². The summed E-state index contributed by atoms with van der Waals surface area (Å²) in [4.78, 5) is 0. The summed E-state index contributed by atoms with van der Waals surface area (Å²) in [6, 6.07) is 21.0. The smallest absolute Gasteiger partial charge is 0.163 e. The third kappa shape index (κ3) is 4.41. The predicted octanol–water partition coefficient (Wildman–Crippen LogP) is 3.71. The van der Waals surface area contributed by atoms with Gasteiger partial charge in [0.25, 0.3) is 0 Å². The molecule has 2 atom stereocenters. The summed E-state index contributed by atoms with van der Waals surface area (Å²) in [7, 11) is 0. The Kier molecular flexibility index (Phi) is 5.11. The fourth-order valence-corrected chi connectivity index (χ4v) is 3.05. The molecule has 3 rings (SSSR count). The van der Waals surface area contributed by atoms with Crippen LogP contribution >= 0.6 is 0 Å². The molecule has 1 fully saturated rings. The van der Waals surface area contributed by atoms with E-state index < -0.39 is 5.79 Å². The van der Waals surface area contributed by atoms with Crippen LogP contribution in [0.25, 0.3) is 0 Å². The van der Waals surface area contributed by atoms with Crippen LogP contribution in [-0.4, -0.2) is 25.0 Å². The molecule has 3 nitrogen and oxygen atoms in total. The Morgan fingerprint density at radius 2 is 1.70 bits per heavy atom. The Balaban J connectivity index is 1.66. The molecule has 0 spiro atoms. The third-order valence-electron chi connectivity index (χ3n) is 4.24. The Morgan fingerprint density at radius 1 is 1.04 bits per heavy atom. The Labute approximate surface area is 138 Å². The van der Waals surface area contributed by atoms with Crippen LogP contribution in [0.3, 0.4) is 0 Å². The first-order chi connectivity index (χ1) is 11.1. The second-order valence-electron chi connectivity index (χ2n) is 6.50. The highest BCUT2D eigenvalue weighted by Gasteiger charge is 2.37. The van der Waals surface area contributed by atoms with Crippen LogP contribution in [0, 0.1) is 0 Å². The normalized spacial score (nSPS) is 21.2. The molecule has 0 aromatic heterocycles. The van der Waals surface area contributed by atoms with Gasteiger partial charge in [-0.05, 0) is 25.0 Å². The van der Waals surface area contributed by atoms with E-state index in [1.807, 2.05) is 26.0 Å². The van der Waals surface area contributed by atoms with Gasteiger partial charge in [-0.2, -0.15) is 0 Å². The van der Waals surface area contributed by atoms with Crippen LogP contribution in [0.15, 0.2) is 60.7 Å². The van der Waals surface area contributed by atoms with Crippen molar-refractivity contribution in [3.8, 4) is 0 Å². The molecule has 1 aliphatic rings. The standard InChI is InChI=1S/C20H25NO2/c1-20(2)22-15-19(23-20)18(17-11-7-4-8-12-17)14-21-13-16-9-5-3-6-10-16/h3-12,18-19,21H,13-15H2,1-2H3/t18-,19+/m0/s1. The minimum Gasteiger partial charge on any atom is -0.348 e. The van der Waals surface area contributed by atoms with E-state index in [0.717, 1.165) is 13.1 Å². The van der Waals surface area contributed by atoms with Crippen molar-refractivity contribution in [2.24, 2.45) is 0 Å². The molecule has 1 heterocycles. The van der Waals surface area contributed by atoms with E-state index in [0.29, 0.717) is 6.61 Å². The minimum absolute atomic E-state index is 0.0793. The summed E-state index contributed by atoms with van der Waals surface area (Å²) in [5.74, 6) is -0.210. The molecule has 1 saturated heterocycles. The summed E-state index contributed by atoms with van der Waals surface area (Å²) in [6.45, 7) is 6.32. The molecule has 0 aliphatic carbocycles. The van der Waals surface area contributed by atoms with Crippen LogP contribution in [0.5, 0.6) is 0 Å². The van der Waals surface area contributed by atoms with Crippen LogP contribution in [-0.2, 0) is 16.0 Å². The molecule has 23 heavy (non-hydrogen) atoms. The Hall–Kier alpha value is -1.68. The van der Waals surface area contributed by atoms with Crippen molar-refractivity contribution < 1.29 is 9.47 Å². The molecule has 1 N–H and O–H groups in total. The number of rotatable bonds is 6. The summed E-state index contributed by atoms with van der Waals surface area (Å²) in [6.07, 6.45) is 0.0793. The summed E-state index contributed by atoms with van der Waals surface area (Å²) in [5.41, 5.74) is 2.59. The Bertz CT molecular complexity index is 598. The first-order valence-corrected chi connectivity index (χ1v) is 8.25. The lowest BCUT2D eigenvalue weighted by Crippen LogP contribution is -2.32. The summed E-state index contributed by atoms with van der Waals surface area (Å²) >= 11 is 0. The second-order valence-corrected chi connectivity index (χ2v) is 6.50. The molecule has 2 aromatic carbocycles. The van der Waals surface area contributed by atoms with E-state index in [-0.39, 0.29) is 12.0 Å². The van der Waals surface area contributed by atoms with E-state index in [1.165, 1.54) is 11.1 Å². The van der Waals surface area contributed by atoms with Crippen LogP contribution in [0.2, 0.25) is 0 Å². The number of hydrogen-bond donors (Lipinski definition) is 1. The highest BCUT2D eigenvalue weighted by atomic mass is 16.7. The van der Waals surface area contributed by atoms with Crippen molar-refractivity contribution in [1.82, 2.24) is 5.32 Å². The van der Waals surface area contributed by atoms with E-state index >= 15 is 0 Å². The van der Waals surface area contributed by atoms with E-state index in [4.69, 9.17) is 9.47 Å². The maximum atomic E-state index is 6.11. The van der Waals surface area contributed by atoms with Gasteiger partial charge in [-0.1, -0.05) is 60.7 Å². The minimum atomic E-state index is -0.489. The van der Waals surface area contributed by atoms with E-state index in [1.54, 1.807) is 0 Å². The first kappa shape index (κ1) is 16.2. The van der Waals surface area contributed by atoms with Gasteiger partial charge in [-0.15, -0.1) is 0 Å². The van der Waals surface area contributed by atoms with Crippen molar-refractivity contribution in [1.29, 1.82) is 0 Å². The molecular weight excluding hydrogens is 286 g/mol. The van der Waals surface area contributed by atoms with Gasteiger partial charge >= 0.3 is 0 Å². The van der Waals surface area contributed by atoms with Gasteiger partial charge in [0, 0.05) is 19.0 Å². The molecule has 1 aliphatic heterocycles. The lowest BCUT2D eigenvalue weighted by Gasteiger charge is -2.25. The highest BCUT2D eigenvalue weighted by molar-refractivity contribution is 5.22. The molecule has 0 saturated carbocycles. The Morgan fingerprint density at radius 3 is 2.30 bits per heavy atom. The molecule has 0 bridgehead atoms. The lowest BCUT2D eigenvalue weighted by atomic mass is 9.93. The van der Waals surface area contributed by atoms with Crippen LogP contribution < -0.4 is 5.32 Å². The number of benzene rings is 2. The van der Waals surface area contributed by atoms with Crippen molar-refractivity contribution in [2.45, 2.75) is 38.2 Å². The zero-order valence-electron chi connectivity index (χ0n) is 13.9. The predicted molar refractivity (Wildman–Crippen MR) is 92.2 cm³/mol. The fraction of sp³-hybridized carbons (Fsp3) is 0.400. The SMILES string of the molecule is CC1(C)OC[C@H]([C@@H](CNCc2ccccc2)c2ccccc2)O1. The monoisotopic (exact) mass is 311 g/mol. The van der Waals surface area contributed by atoms with Gasteiger partial charge in [-0.25, -0.2) is 0 Å². The van der Waals surface area contributed by atoms with Gasteiger partial charge in [0.05, 0.1) is 12.7 Å². The lowest BCUT2D eigenvalue weighted by molar-refractivity contribution is -0.140. The van der Waals surface area contributed by atoms with Crippen molar-refractivity contribution >= 4 is 0 Å². The van der Waals surface area contributed by atoms with Gasteiger partial charge in [0.2, 0.25) is 0 Å². The average molecular weight is 311 g/mol. The third-order valence-corrected chi connectivity index (χ3v) is 4.24. The molecule has 122 valence electrons. The summed E-state index contributed by atoms with van der Waals surface area (Å²) < 4.78 is 11.9. The van der Waals surface area contributed by atoms with E-state index in [9.17, 15) is 0 Å². The molecule has 2 aromatic rings. The van der Waals surface area contributed by atoms with Crippen molar-refractivity contribution in [3.63, 3.8) is 0 Å². The van der Waals surface area contributed by atoms with E-state index in [2.05, 4.69) is 53.8 Å². The number of nitrogens with one attached hydrogen (secondary N) is 1. The maximum absolute atomic E-state index is 6.11. The molecular formula is C20H25NO2. The van der Waals surface area contributed by atoms with Gasteiger partial charge in [-0.3, -0.25) is 0 Å². The van der Waals surface area contributed by atoms with Crippen LogP contribution in [0.4, 0.5) is 0 Å². The van der Waals surface area contributed by atoms with Gasteiger partial charge in [0.15, 0.2) is 5.79 Å². The van der Waals surface area contributed by atoms with Gasteiger partial charge in [0.1, 0.15) is 0 Å². The first-order valence-electron chi connectivity index (χ1n) is 8.25. The second kappa shape index (κ2) is 7.26. The molecule has 0 radical (unpaired) electrons. The maximum Gasteiger partial charge on any atom is 0.163 e. The quantitative estimate of drug-likeness (QED) is 0.882. The van der Waals surface area contributed by atoms with Crippen LogP contribution in [0.1, 0.15) is 30.9 Å². The largest absolute Gasteiger partial charge is 0.348 e. The highest BCUT2D eigenvalue weighted by Crippen LogP contribution is 2.31. The van der Waals surface area contributed by atoms with Crippen molar-refractivity contribution in [2.75, 3.05) is 13.2 Å². The molecule has 0 amide bonds. The topological polar surface area (TPSA) is 30.5 Å². The molecule has 3 heteroatoms. The fourth-order valence-electron chi connectivity index (χ4n) is 3.05.